The van der Waals surface area contributed by atoms with E-state index in [1.54, 1.807) is 24.3 Å². The van der Waals surface area contributed by atoms with Crippen molar-refractivity contribution in [1.82, 2.24) is 10.6 Å². The highest BCUT2D eigenvalue weighted by Crippen LogP contribution is 2.17. The third kappa shape index (κ3) is 7.81. The molecule has 0 unspecified atom stereocenters. The summed E-state index contributed by atoms with van der Waals surface area (Å²) in [6.45, 7) is -0.399. The van der Waals surface area contributed by atoms with Gasteiger partial charge in [0.2, 0.25) is 5.91 Å². The van der Waals surface area contributed by atoms with Crippen LogP contribution < -0.4 is 16.0 Å². The lowest BCUT2D eigenvalue weighted by Gasteiger charge is -2.12. The number of hydrogen-bond donors (Lipinski definition) is 3. The van der Waals surface area contributed by atoms with Crippen molar-refractivity contribution in [2.45, 2.75) is 12.6 Å². The third-order valence-corrected chi connectivity index (χ3v) is 2.40. The highest BCUT2D eigenvalue weighted by atomic mass is 19.4. The van der Waals surface area contributed by atoms with Crippen LogP contribution in [0, 0.1) is 0 Å². The zero-order valence-electron chi connectivity index (χ0n) is 11.5. The molecule has 1 aromatic rings. The lowest BCUT2D eigenvalue weighted by atomic mass is 10.3. The number of aliphatic imine (C=N–C) groups is 1. The molecule has 1 rings (SSSR count). The van der Waals surface area contributed by atoms with Crippen molar-refractivity contribution >= 4 is 17.6 Å². The number of rotatable bonds is 5. The molecule has 3 N–H and O–H groups in total. The van der Waals surface area contributed by atoms with Crippen molar-refractivity contribution in [1.29, 1.82) is 0 Å². The van der Waals surface area contributed by atoms with Crippen LogP contribution in [0.15, 0.2) is 35.3 Å². The maximum absolute atomic E-state index is 12.0. The van der Waals surface area contributed by atoms with Crippen molar-refractivity contribution in [3.8, 4) is 0 Å². The Bertz CT molecular complexity index is 474. The van der Waals surface area contributed by atoms with E-state index in [9.17, 15) is 18.0 Å². The first-order chi connectivity index (χ1) is 9.90. The molecule has 1 aromatic carbocycles. The number of carbonyl (C=O) groups is 1. The van der Waals surface area contributed by atoms with E-state index in [0.717, 1.165) is 0 Å². The van der Waals surface area contributed by atoms with Crippen LogP contribution in [0.2, 0.25) is 0 Å². The van der Waals surface area contributed by atoms with Gasteiger partial charge < -0.3 is 16.0 Å². The molecule has 0 bridgehead atoms. The van der Waals surface area contributed by atoms with E-state index in [0.29, 0.717) is 5.69 Å². The predicted octanol–water partition coefficient (Wildman–Crippen LogP) is 1.74. The summed E-state index contributed by atoms with van der Waals surface area (Å²) in [6, 6.07) is 8.84. The van der Waals surface area contributed by atoms with Crippen molar-refractivity contribution in [2.24, 2.45) is 4.99 Å². The van der Waals surface area contributed by atoms with Crippen molar-refractivity contribution in [3.05, 3.63) is 30.3 Å². The number of hydrogen-bond acceptors (Lipinski definition) is 2. The highest BCUT2D eigenvalue weighted by molar-refractivity contribution is 5.94. The van der Waals surface area contributed by atoms with Gasteiger partial charge in [0, 0.05) is 19.3 Å². The van der Waals surface area contributed by atoms with Gasteiger partial charge in [-0.3, -0.25) is 9.79 Å². The Balaban J connectivity index is 2.30. The molecular weight excluding hydrogens is 285 g/mol. The Labute approximate surface area is 120 Å². The Morgan fingerprint density at radius 2 is 1.86 bits per heavy atom. The number of carbonyl (C=O) groups excluding carboxylic acids is 1. The minimum atomic E-state index is -4.23. The summed E-state index contributed by atoms with van der Waals surface area (Å²) in [5.74, 6) is -0.178. The normalized spacial score (nSPS) is 11.9. The second-order valence-corrected chi connectivity index (χ2v) is 4.13. The lowest BCUT2D eigenvalue weighted by Crippen LogP contribution is -2.42. The number of guanidine groups is 1. The molecule has 8 heteroatoms. The molecule has 0 saturated heterocycles. The number of halogens is 3. The van der Waals surface area contributed by atoms with Crippen LogP contribution in [0.5, 0.6) is 0 Å². The Morgan fingerprint density at radius 1 is 1.19 bits per heavy atom. The zero-order valence-corrected chi connectivity index (χ0v) is 11.5. The van der Waals surface area contributed by atoms with Crippen LogP contribution in [0.3, 0.4) is 0 Å². The Morgan fingerprint density at radius 3 is 2.43 bits per heavy atom. The topological polar surface area (TPSA) is 65.5 Å². The summed E-state index contributed by atoms with van der Waals surface area (Å²) in [6.07, 6.45) is -5.19. The van der Waals surface area contributed by atoms with E-state index in [2.05, 4.69) is 20.9 Å². The molecule has 0 aromatic heterocycles. The molecule has 0 heterocycles. The summed E-state index contributed by atoms with van der Waals surface area (Å²) >= 11 is 0. The molecule has 0 radical (unpaired) electrons. The van der Waals surface area contributed by atoms with Crippen molar-refractivity contribution in [3.63, 3.8) is 0 Å². The van der Waals surface area contributed by atoms with Gasteiger partial charge in [-0.25, -0.2) is 0 Å². The molecule has 0 atom stereocenters. The number of para-hydroxylation sites is 1. The second kappa shape index (κ2) is 8.13. The maximum Gasteiger partial charge on any atom is 0.390 e. The van der Waals surface area contributed by atoms with Gasteiger partial charge in [0.05, 0.1) is 13.0 Å². The first-order valence-electron chi connectivity index (χ1n) is 6.27. The van der Waals surface area contributed by atoms with Crippen LogP contribution >= 0.6 is 0 Å². The van der Waals surface area contributed by atoms with Gasteiger partial charge in [-0.05, 0) is 12.1 Å². The molecule has 0 aliphatic heterocycles. The molecule has 116 valence electrons. The fourth-order valence-electron chi connectivity index (χ4n) is 1.43. The first kappa shape index (κ1) is 16.8. The van der Waals surface area contributed by atoms with Crippen LogP contribution in [0.25, 0.3) is 0 Å². The average Bonchev–Trinajstić information content (AvgIpc) is 2.42. The molecule has 5 nitrogen and oxygen atoms in total. The number of nitrogens with one attached hydrogen (secondary N) is 3. The Kier molecular flexibility index (Phi) is 6.51. The number of nitrogens with zero attached hydrogens (tertiary/aromatic N) is 1. The second-order valence-electron chi connectivity index (χ2n) is 4.13. The van der Waals surface area contributed by atoms with Gasteiger partial charge in [0.1, 0.15) is 0 Å². The molecule has 0 spiro atoms. The molecule has 0 fully saturated rings. The highest BCUT2D eigenvalue weighted by Gasteiger charge is 2.26. The maximum atomic E-state index is 12.0. The summed E-state index contributed by atoms with van der Waals surface area (Å²) in [5, 5.41) is 7.76. The zero-order chi connectivity index (χ0) is 15.7. The van der Waals surface area contributed by atoms with Gasteiger partial charge in [0.15, 0.2) is 5.96 Å². The number of alkyl halides is 3. The number of benzene rings is 1. The number of amides is 1. The standard InChI is InChI=1S/C13H17F3N4O/c1-17-12(18-8-7-13(14,15)16)19-9-11(21)20-10-5-3-2-4-6-10/h2-6H,7-9H2,1H3,(H,20,21)(H2,17,18,19). The van der Waals surface area contributed by atoms with Crippen LogP contribution in [-0.2, 0) is 4.79 Å². The summed E-state index contributed by atoms with van der Waals surface area (Å²) in [4.78, 5) is 15.4. The summed E-state index contributed by atoms with van der Waals surface area (Å²) < 4.78 is 36.0. The molecule has 21 heavy (non-hydrogen) atoms. The van der Waals surface area contributed by atoms with Gasteiger partial charge in [0.25, 0.3) is 0 Å². The molecule has 1 amide bonds. The van der Waals surface area contributed by atoms with Crippen molar-refractivity contribution < 1.29 is 18.0 Å². The quantitative estimate of drug-likeness (QED) is 0.573. The van der Waals surface area contributed by atoms with E-state index < -0.39 is 12.6 Å². The van der Waals surface area contributed by atoms with E-state index in [1.165, 1.54) is 7.05 Å². The fourth-order valence-corrected chi connectivity index (χ4v) is 1.43. The van der Waals surface area contributed by atoms with Crippen LogP contribution in [0.4, 0.5) is 18.9 Å². The first-order valence-corrected chi connectivity index (χ1v) is 6.27. The predicted molar refractivity (Wildman–Crippen MR) is 75.1 cm³/mol. The molecular formula is C13H17F3N4O. The minimum absolute atomic E-state index is 0.0966. The largest absolute Gasteiger partial charge is 0.390 e. The van der Waals surface area contributed by atoms with Gasteiger partial charge >= 0.3 is 6.18 Å². The lowest BCUT2D eigenvalue weighted by molar-refractivity contribution is -0.132. The fraction of sp³-hybridized carbons (Fsp3) is 0.385. The van der Waals surface area contributed by atoms with Gasteiger partial charge in [-0.2, -0.15) is 13.2 Å². The summed E-state index contributed by atoms with van der Waals surface area (Å²) in [5.41, 5.74) is 0.643. The number of anilines is 1. The van der Waals surface area contributed by atoms with Crippen LogP contribution in [0.1, 0.15) is 6.42 Å². The van der Waals surface area contributed by atoms with E-state index in [-0.39, 0.29) is 25.0 Å². The molecule has 0 saturated carbocycles. The van der Waals surface area contributed by atoms with Crippen molar-refractivity contribution in [2.75, 3.05) is 25.5 Å². The Hall–Kier alpha value is -2.25. The van der Waals surface area contributed by atoms with E-state index in [4.69, 9.17) is 0 Å². The van der Waals surface area contributed by atoms with Gasteiger partial charge in [-0.1, -0.05) is 18.2 Å². The van der Waals surface area contributed by atoms with Crippen LogP contribution in [-0.4, -0.2) is 38.2 Å². The average molecular weight is 302 g/mol. The summed E-state index contributed by atoms with van der Waals surface area (Å²) in [7, 11) is 1.41. The van der Waals surface area contributed by atoms with E-state index in [1.807, 2.05) is 6.07 Å². The third-order valence-electron chi connectivity index (χ3n) is 2.40. The SMILES string of the molecule is CN=C(NCCC(F)(F)F)NCC(=O)Nc1ccccc1. The molecule has 0 aliphatic rings. The van der Waals surface area contributed by atoms with Gasteiger partial charge in [-0.15, -0.1) is 0 Å². The van der Waals surface area contributed by atoms with E-state index >= 15 is 0 Å². The monoisotopic (exact) mass is 302 g/mol. The molecule has 0 aliphatic carbocycles. The minimum Gasteiger partial charge on any atom is -0.356 e. The smallest absolute Gasteiger partial charge is 0.356 e.